The topological polar surface area (TPSA) is 20.2 Å². The van der Waals surface area contributed by atoms with Crippen molar-refractivity contribution in [3.8, 4) is 0 Å². The number of fused-ring (bicyclic) bond motifs is 5. The molecule has 0 heterocycles. The van der Waals surface area contributed by atoms with Gasteiger partial charge in [0.2, 0.25) is 0 Å². The Morgan fingerprint density at radius 2 is 1.71 bits per heavy atom. The van der Waals surface area contributed by atoms with Crippen molar-refractivity contribution < 1.29 is 5.11 Å². The van der Waals surface area contributed by atoms with Crippen molar-refractivity contribution in [2.45, 2.75) is 112 Å². The smallest absolute Gasteiger partial charge is 0.0543 e. The molecule has 9 atom stereocenters. The lowest BCUT2D eigenvalue weighted by molar-refractivity contribution is -0.0427. The van der Waals surface area contributed by atoms with Gasteiger partial charge in [-0.2, -0.15) is 0 Å². The van der Waals surface area contributed by atoms with Gasteiger partial charge in [0.05, 0.1) is 6.10 Å². The molecule has 4 aliphatic rings. The third-order valence-electron chi connectivity index (χ3n) is 11.4. The van der Waals surface area contributed by atoms with E-state index in [-0.39, 0.29) is 6.10 Å². The van der Waals surface area contributed by atoms with E-state index in [2.05, 4.69) is 54.2 Å². The first-order valence-electron chi connectivity index (χ1n) is 13.6. The molecular weight excluding hydrogens is 376 g/mol. The third kappa shape index (κ3) is 4.00. The summed E-state index contributed by atoms with van der Waals surface area (Å²) in [6.07, 6.45) is 15.3. The van der Waals surface area contributed by atoms with E-state index >= 15 is 0 Å². The molecule has 176 valence electrons. The average Bonchev–Trinajstić information content (AvgIpc) is 3.09. The summed E-state index contributed by atoms with van der Waals surface area (Å²) in [5.74, 6) is 5.35. The van der Waals surface area contributed by atoms with E-state index in [0.717, 1.165) is 36.5 Å². The van der Waals surface area contributed by atoms with E-state index < -0.39 is 0 Å². The van der Waals surface area contributed by atoms with Gasteiger partial charge in [-0.1, -0.05) is 65.3 Å². The highest BCUT2D eigenvalue weighted by molar-refractivity contribution is 5.27. The molecule has 31 heavy (non-hydrogen) atoms. The van der Waals surface area contributed by atoms with E-state index in [1.54, 1.807) is 0 Å². The summed E-state index contributed by atoms with van der Waals surface area (Å²) in [6, 6.07) is 0. The average molecular weight is 427 g/mol. The summed E-state index contributed by atoms with van der Waals surface area (Å²) >= 11 is 0. The van der Waals surface area contributed by atoms with Crippen LogP contribution >= 0.6 is 0 Å². The molecule has 1 N–H and O–H groups in total. The highest BCUT2D eigenvalue weighted by atomic mass is 16.3. The van der Waals surface area contributed by atoms with Gasteiger partial charge in [0.15, 0.2) is 0 Å². The molecule has 0 unspecified atom stereocenters. The molecule has 0 aliphatic heterocycles. The van der Waals surface area contributed by atoms with Crippen molar-refractivity contribution in [3.63, 3.8) is 0 Å². The Hall–Kier alpha value is -0.560. The van der Waals surface area contributed by atoms with E-state index in [9.17, 15) is 5.11 Å². The molecule has 3 saturated carbocycles. The predicted octanol–water partition coefficient (Wildman–Crippen LogP) is 8.19. The molecule has 1 nitrogen and oxygen atoms in total. The van der Waals surface area contributed by atoms with Crippen LogP contribution in [0.5, 0.6) is 0 Å². The van der Waals surface area contributed by atoms with E-state index in [0.29, 0.717) is 28.6 Å². The second kappa shape index (κ2) is 8.66. The maximum atomic E-state index is 10.3. The van der Waals surface area contributed by atoms with Crippen molar-refractivity contribution in [3.05, 3.63) is 23.8 Å². The summed E-state index contributed by atoms with van der Waals surface area (Å²) in [5.41, 5.74) is 4.28. The number of hydrogen-bond acceptors (Lipinski definition) is 1. The lowest BCUT2D eigenvalue weighted by atomic mass is 9.47. The third-order valence-corrected chi connectivity index (χ3v) is 11.4. The van der Waals surface area contributed by atoms with Crippen molar-refractivity contribution in [1.29, 1.82) is 0 Å². The molecule has 0 radical (unpaired) electrons. The predicted molar refractivity (Wildman–Crippen MR) is 133 cm³/mol. The van der Waals surface area contributed by atoms with Crippen LogP contribution in [0.1, 0.15) is 106 Å². The second-order valence-electron chi connectivity index (χ2n) is 13.1. The molecule has 0 aromatic heterocycles. The maximum Gasteiger partial charge on any atom is 0.0543 e. The molecule has 3 fully saturated rings. The maximum absolute atomic E-state index is 10.3. The zero-order valence-electron chi connectivity index (χ0n) is 21.4. The Labute approximate surface area is 193 Å². The Bertz CT molecular complexity index is 703. The molecule has 0 aromatic rings. The Kier molecular flexibility index (Phi) is 6.59. The van der Waals surface area contributed by atoms with Gasteiger partial charge in [-0.25, -0.2) is 0 Å². The Balaban J connectivity index is 1.46. The molecule has 4 aliphatic carbocycles. The van der Waals surface area contributed by atoms with Gasteiger partial charge >= 0.3 is 0 Å². The highest BCUT2D eigenvalue weighted by Gasteiger charge is 2.58. The van der Waals surface area contributed by atoms with Gasteiger partial charge in [-0.15, -0.1) is 0 Å². The van der Waals surface area contributed by atoms with Crippen LogP contribution in [0.15, 0.2) is 23.8 Å². The van der Waals surface area contributed by atoms with Crippen LogP contribution in [-0.2, 0) is 0 Å². The summed E-state index contributed by atoms with van der Waals surface area (Å²) in [4.78, 5) is 0. The van der Waals surface area contributed by atoms with Crippen LogP contribution in [0.25, 0.3) is 0 Å². The SMILES string of the molecule is C=C(CC[C@@H](C)[C@H]1CC[C@H]2C3=CC[C@H]4C[C@@H](O)CC[C@]4(C)[C@H]3CC[C@]12C)[C@H](C)C(C)C. The minimum absolute atomic E-state index is 0.0493. The van der Waals surface area contributed by atoms with E-state index in [4.69, 9.17) is 0 Å². The molecule has 0 bridgehead atoms. The lowest BCUT2D eigenvalue weighted by Gasteiger charge is -2.57. The molecule has 4 rings (SSSR count). The van der Waals surface area contributed by atoms with Gasteiger partial charge < -0.3 is 5.11 Å². The second-order valence-corrected chi connectivity index (χ2v) is 13.1. The minimum Gasteiger partial charge on any atom is -0.393 e. The van der Waals surface area contributed by atoms with Gasteiger partial charge in [-0.05, 0) is 116 Å². The van der Waals surface area contributed by atoms with E-state index in [1.165, 1.54) is 56.9 Å². The molecule has 1 heteroatoms. The van der Waals surface area contributed by atoms with Crippen molar-refractivity contribution in [2.75, 3.05) is 0 Å². The van der Waals surface area contributed by atoms with Crippen LogP contribution in [0.4, 0.5) is 0 Å². The van der Waals surface area contributed by atoms with Crippen molar-refractivity contribution in [2.24, 2.45) is 52.3 Å². The van der Waals surface area contributed by atoms with Crippen molar-refractivity contribution in [1.82, 2.24) is 0 Å². The Morgan fingerprint density at radius 3 is 2.42 bits per heavy atom. The van der Waals surface area contributed by atoms with Gasteiger partial charge in [0, 0.05) is 0 Å². The summed E-state index contributed by atoms with van der Waals surface area (Å²) in [6.45, 7) is 19.3. The zero-order chi connectivity index (χ0) is 22.6. The van der Waals surface area contributed by atoms with Crippen molar-refractivity contribution >= 4 is 0 Å². The quantitative estimate of drug-likeness (QED) is 0.424. The monoisotopic (exact) mass is 426 g/mol. The standard InChI is InChI=1S/C30H50O/c1-19(2)22(5)20(3)8-9-21(4)26-12-13-27-25-11-10-23-18-24(31)14-16-29(23,6)28(25)15-17-30(26,27)7/h11,19,21-24,26-28,31H,3,8-10,12-18H2,1-2,4-7H3/t21-,22-,23+,24+,26-,27+,28+,29+,30-/m1/s1. The first-order valence-corrected chi connectivity index (χ1v) is 13.6. The van der Waals surface area contributed by atoms with Crippen LogP contribution < -0.4 is 0 Å². The molecule has 0 amide bonds. The first kappa shape index (κ1) is 23.6. The number of hydrogen-bond donors (Lipinski definition) is 1. The van der Waals surface area contributed by atoms with Crippen LogP contribution in [0.2, 0.25) is 0 Å². The van der Waals surface area contributed by atoms with Gasteiger partial charge in [0.1, 0.15) is 0 Å². The normalized spacial score (nSPS) is 44.1. The Morgan fingerprint density at radius 1 is 1.03 bits per heavy atom. The number of aliphatic hydroxyl groups excluding tert-OH is 1. The number of allylic oxidation sites excluding steroid dienone is 3. The van der Waals surface area contributed by atoms with E-state index in [1.807, 2.05) is 5.57 Å². The van der Waals surface area contributed by atoms with Gasteiger partial charge in [-0.3, -0.25) is 0 Å². The molecular formula is C30H50O. The summed E-state index contributed by atoms with van der Waals surface area (Å²) < 4.78 is 0. The molecule has 0 aromatic carbocycles. The summed E-state index contributed by atoms with van der Waals surface area (Å²) in [7, 11) is 0. The van der Waals surface area contributed by atoms with Gasteiger partial charge in [0.25, 0.3) is 0 Å². The number of rotatable bonds is 6. The summed E-state index contributed by atoms with van der Waals surface area (Å²) in [5, 5.41) is 10.3. The molecule has 0 saturated heterocycles. The fourth-order valence-electron chi connectivity index (χ4n) is 8.78. The fourth-order valence-corrected chi connectivity index (χ4v) is 8.78. The van der Waals surface area contributed by atoms with Crippen LogP contribution in [0.3, 0.4) is 0 Å². The molecule has 0 spiro atoms. The number of aliphatic hydroxyl groups is 1. The van der Waals surface area contributed by atoms with Crippen LogP contribution in [-0.4, -0.2) is 11.2 Å². The first-order chi connectivity index (χ1) is 14.6. The minimum atomic E-state index is -0.0493. The zero-order valence-corrected chi connectivity index (χ0v) is 21.4. The lowest BCUT2D eigenvalue weighted by Crippen LogP contribution is -2.49. The fraction of sp³-hybridized carbons (Fsp3) is 0.867. The highest BCUT2D eigenvalue weighted by Crippen LogP contribution is 2.67. The largest absolute Gasteiger partial charge is 0.393 e. The van der Waals surface area contributed by atoms with Crippen LogP contribution in [0, 0.1) is 52.3 Å².